The summed E-state index contributed by atoms with van der Waals surface area (Å²) in [6, 6.07) is 3.44. The number of carboxylic acid groups (broad SMARTS) is 1. The standard InChI is InChI=1S/C10H8F3NO3S/c1-18-7-4-5(8(15)16)2-3-6(7)14-9(17)10(11,12)13/h2-4H,1H3,(H,14,17)(H,15,16). The van der Waals surface area contributed by atoms with Crippen molar-refractivity contribution in [2.75, 3.05) is 11.6 Å². The summed E-state index contributed by atoms with van der Waals surface area (Å²) in [4.78, 5) is 21.7. The molecule has 0 bridgehead atoms. The van der Waals surface area contributed by atoms with Crippen molar-refractivity contribution in [2.45, 2.75) is 11.1 Å². The van der Waals surface area contributed by atoms with Crippen LogP contribution in [-0.4, -0.2) is 29.4 Å². The van der Waals surface area contributed by atoms with Gasteiger partial charge in [0.25, 0.3) is 0 Å². The van der Waals surface area contributed by atoms with Crippen LogP contribution in [0.1, 0.15) is 10.4 Å². The van der Waals surface area contributed by atoms with E-state index >= 15 is 0 Å². The van der Waals surface area contributed by atoms with Crippen LogP contribution < -0.4 is 5.32 Å². The Kier molecular flexibility index (Phi) is 4.23. The van der Waals surface area contributed by atoms with E-state index in [0.29, 0.717) is 0 Å². The van der Waals surface area contributed by atoms with Crippen LogP contribution in [0.15, 0.2) is 23.1 Å². The van der Waals surface area contributed by atoms with Gasteiger partial charge in [-0.15, -0.1) is 11.8 Å². The van der Waals surface area contributed by atoms with Crippen LogP contribution in [0.3, 0.4) is 0 Å². The Morgan fingerprint density at radius 2 is 1.94 bits per heavy atom. The van der Waals surface area contributed by atoms with Crippen molar-refractivity contribution < 1.29 is 27.9 Å². The molecule has 18 heavy (non-hydrogen) atoms. The molecule has 0 aliphatic rings. The molecule has 0 saturated carbocycles. The number of carbonyl (C=O) groups is 2. The second-order valence-corrected chi connectivity index (χ2v) is 4.02. The maximum absolute atomic E-state index is 12.1. The Bertz CT molecular complexity index is 488. The number of amides is 1. The molecule has 98 valence electrons. The molecule has 0 atom stereocenters. The van der Waals surface area contributed by atoms with Crippen LogP contribution in [0.5, 0.6) is 0 Å². The summed E-state index contributed by atoms with van der Waals surface area (Å²) >= 11 is 1.03. The summed E-state index contributed by atoms with van der Waals surface area (Å²) in [6.45, 7) is 0. The SMILES string of the molecule is CSc1cc(C(=O)O)ccc1NC(=O)C(F)(F)F. The predicted octanol–water partition coefficient (Wildman–Crippen LogP) is 2.61. The van der Waals surface area contributed by atoms with Gasteiger partial charge in [-0.3, -0.25) is 4.79 Å². The van der Waals surface area contributed by atoms with Crippen molar-refractivity contribution >= 4 is 29.3 Å². The van der Waals surface area contributed by atoms with Gasteiger partial charge in [-0.05, 0) is 24.5 Å². The van der Waals surface area contributed by atoms with E-state index < -0.39 is 18.1 Å². The molecular formula is C10H8F3NO3S. The summed E-state index contributed by atoms with van der Waals surface area (Å²) in [5.41, 5.74) is -0.140. The minimum Gasteiger partial charge on any atom is -0.478 e. The van der Waals surface area contributed by atoms with E-state index in [0.717, 1.165) is 23.9 Å². The van der Waals surface area contributed by atoms with E-state index in [1.165, 1.54) is 6.07 Å². The van der Waals surface area contributed by atoms with Crippen molar-refractivity contribution in [3.05, 3.63) is 23.8 Å². The quantitative estimate of drug-likeness (QED) is 0.835. The van der Waals surface area contributed by atoms with Crippen molar-refractivity contribution in [2.24, 2.45) is 0 Å². The topological polar surface area (TPSA) is 66.4 Å². The highest BCUT2D eigenvalue weighted by atomic mass is 32.2. The average molecular weight is 279 g/mol. The number of thioether (sulfide) groups is 1. The summed E-state index contributed by atoms with van der Waals surface area (Å²) in [5.74, 6) is -3.29. The van der Waals surface area contributed by atoms with Gasteiger partial charge in [-0.2, -0.15) is 13.2 Å². The first kappa shape index (κ1) is 14.4. The number of aromatic carboxylic acids is 1. The number of carbonyl (C=O) groups excluding carboxylic acids is 1. The van der Waals surface area contributed by atoms with Gasteiger partial charge in [-0.25, -0.2) is 4.79 Å². The van der Waals surface area contributed by atoms with Gasteiger partial charge < -0.3 is 10.4 Å². The summed E-state index contributed by atoms with van der Waals surface area (Å²) in [7, 11) is 0. The fourth-order valence-electron chi connectivity index (χ4n) is 1.12. The third-order valence-electron chi connectivity index (χ3n) is 1.95. The van der Waals surface area contributed by atoms with Gasteiger partial charge in [0, 0.05) is 4.90 Å². The Labute approximate surface area is 104 Å². The van der Waals surface area contributed by atoms with Gasteiger partial charge in [0.1, 0.15) is 0 Å². The molecule has 1 rings (SSSR count). The highest BCUT2D eigenvalue weighted by molar-refractivity contribution is 7.98. The molecule has 1 aromatic carbocycles. The number of hydrogen-bond acceptors (Lipinski definition) is 3. The Morgan fingerprint density at radius 3 is 2.39 bits per heavy atom. The maximum atomic E-state index is 12.1. The number of benzene rings is 1. The van der Waals surface area contributed by atoms with Crippen LogP contribution in [0, 0.1) is 0 Å². The number of nitrogens with one attached hydrogen (secondary N) is 1. The first-order chi connectivity index (χ1) is 8.25. The molecule has 0 aliphatic carbocycles. The zero-order chi connectivity index (χ0) is 13.9. The van der Waals surface area contributed by atoms with E-state index in [1.54, 1.807) is 11.6 Å². The van der Waals surface area contributed by atoms with Crippen molar-refractivity contribution in [3.8, 4) is 0 Å². The summed E-state index contributed by atoms with van der Waals surface area (Å²) in [5, 5.41) is 10.4. The highest BCUT2D eigenvalue weighted by Gasteiger charge is 2.38. The Hall–Kier alpha value is -1.70. The molecule has 8 heteroatoms. The molecule has 0 aromatic heterocycles. The Morgan fingerprint density at radius 1 is 1.33 bits per heavy atom. The lowest BCUT2D eigenvalue weighted by molar-refractivity contribution is -0.167. The number of halogens is 3. The van der Waals surface area contributed by atoms with Crippen molar-refractivity contribution in [3.63, 3.8) is 0 Å². The van der Waals surface area contributed by atoms with Crippen LogP contribution >= 0.6 is 11.8 Å². The van der Waals surface area contributed by atoms with Crippen LogP contribution in [0.2, 0.25) is 0 Å². The van der Waals surface area contributed by atoms with Crippen LogP contribution in [0.25, 0.3) is 0 Å². The lowest BCUT2D eigenvalue weighted by Crippen LogP contribution is -2.30. The summed E-state index contributed by atoms with van der Waals surface area (Å²) < 4.78 is 36.2. The second kappa shape index (κ2) is 5.30. The molecule has 0 heterocycles. The molecule has 0 unspecified atom stereocenters. The molecule has 2 N–H and O–H groups in total. The number of alkyl halides is 3. The van der Waals surface area contributed by atoms with E-state index in [-0.39, 0.29) is 16.1 Å². The first-order valence-electron chi connectivity index (χ1n) is 4.55. The third kappa shape index (κ3) is 3.39. The molecule has 0 saturated heterocycles. The number of carboxylic acids is 1. The Balaban J connectivity index is 3.04. The monoisotopic (exact) mass is 279 g/mol. The number of anilines is 1. The lowest BCUT2D eigenvalue weighted by atomic mass is 10.2. The van der Waals surface area contributed by atoms with Crippen molar-refractivity contribution in [1.82, 2.24) is 0 Å². The highest BCUT2D eigenvalue weighted by Crippen LogP contribution is 2.28. The third-order valence-corrected chi connectivity index (χ3v) is 2.73. The minimum absolute atomic E-state index is 0.0654. The first-order valence-corrected chi connectivity index (χ1v) is 5.77. The predicted molar refractivity (Wildman–Crippen MR) is 59.9 cm³/mol. The average Bonchev–Trinajstić information content (AvgIpc) is 2.27. The molecule has 4 nitrogen and oxygen atoms in total. The van der Waals surface area contributed by atoms with E-state index in [4.69, 9.17) is 5.11 Å². The molecule has 0 aliphatic heterocycles. The van der Waals surface area contributed by atoms with Gasteiger partial charge >= 0.3 is 18.1 Å². The van der Waals surface area contributed by atoms with E-state index in [1.807, 2.05) is 0 Å². The van der Waals surface area contributed by atoms with E-state index in [2.05, 4.69) is 0 Å². The fraction of sp³-hybridized carbons (Fsp3) is 0.200. The van der Waals surface area contributed by atoms with Crippen LogP contribution in [-0.2, 0) is 4.79 Å². The largest absolute Gasteiger partial charge is 0.478 e. The zero-order valence-electron chi connectivity index (χ0n) is 9.04. The normalized spacial score (nSPS) is 11.1. The summed E-state index contributed by atoms with van der Waals surface area (Å²) in [6.07, 6.45) is -3.43. The second-order valence-electron chi connectivity index (χ2n) is 3.17. The van der Waals surface area contributed by atoms with Gasteiger partial charge in [0.15, 0.2) is 0 Å². The number of hydrogen-bond donors (Lipinski definition) is 2. The van der Waals surface area contributed by atoms with Gasteiger partial charge in [-0.1, -0.05) is 0 Å². The lowest BCUT2D eigenvalue weighted by Gasteiger charge is -2.11. The molecule has 0 spiro atoms. The van der Waals surface area contributed by atoms with Gasteiger partial charge in [0.2, 0.25) is 0 Å². The zero-order valence-corrected chi connectivity index (χ0v) is 9.85. The molecule has 1 amide bonds. The molecular weight excluding hydrogens is 271 g/mol. The van der Waals surface area contributed by atoms with Crippen LogP contribution in [0.4, 0.5) is 18.9 Å². The molecule has 0 radical (unpaired) electrons. The van der Waals surface area contributed by atoms with Gasteiger partial charge in [0.05, 0.1) is 11.3 Å². The molecule has 1 aromatic rings. The minimum atomic E-state index is -4.98. The number of rotatable bonds is 3. The smallest absolute Gasteiger partial charge is 0.471 e. The maximum Gasteiger partial charge on any atom is 0.471 e. The fourth-order valence-corrected chi connectivity index (χ4v) is 1.70. The van der Waals surface area contributed by atoms with Crippen molar-refractivity contribution in [1.29, 1.82) is 0 Å². The molecule has 0 fully saturated rings. The van der Waals surface area contributed by atoms with E-state index in [9.17, 15) is 22.8 Å².